The van der Waals surface area contributed by atoms with Crippen molar-refractivity contribution in [2.75, 3.05) is 11.9 Å². The van der Waals surface area contributed by atoms with Gasteiger partial charge in [-0.25, -0.2) is 0 Å². The minimum atomic E-state index is -0.862. The lowest BCUT2D eigenvalue weighted by Gasteiger charge is -2.15. The standard InChI is InChI=1S/C18H22N2O5/c1-3-15(18(22)19-16-12-13(2)25-20-16)24-17(21)10-7-11-23-14-8-5-4-6-9-14/h4-6,8-9,12,15H,3,7,10-11H2,1-2H3,(H,19,20,22). The highest BCUT2D eigenvalue weighted by molar-refractivity contribution is 5.94. The molecule has 0 aliphatic carbocycles. The van der Waals surface area contributed by atoms with Crippen molar-refractivity contribution in [3.8, 4) is 5.75 Å². The van der Waals surface area contributed by atoms with Crippen molar-refractivity contribution < 1.29 is 23.6 Å². The molecule has 2 aromatic rings. The maximum absolute atomic E-state index is 12.1. The van der Waals surface area contributed by atoms with Gasteiger partial charge in [0, 0.05) is 12.5 Å². The molecular formula is C18H22N2O5. The normalized spacial score (nSPS) is 11.6. The number of rotatable bonds is 9. The lowest BCUT2D eigenvalue weighted by molar-refractivity contribution is -0.154. The van der Waals surface area contributed by atoms with Gasteiger partial charge in [0.15, 0.2) is 11.9 Å². The molecule has 1 aromatic heterocycles. The molecule has 7 nitrogen and oxygen atoms in total. The largest absolute Gasteiger partial charge is 0.494 e. The summed E-state index contributed by atoms with van der Waals surface area (Å²) < 4.78 is 15.6. The summed E-state index contributed by atoms with van der Waals surface area (Å²) in [6, 6.07) is 10.9. The Morgan fingerprint density at radius 1 is 1.28 bits per heavy atom. The van der Waals surface area contributed by atoms with Crippen LogP contribution >= 0.6 is 0 Å². The smallest absolute Gasteiger partial charge is 0.306 e. The highest BCUT2D eigenvalue weighted by Crippen LogP contribution is 2.11. The van der Waals surface area contributed by atoms with Crippen molar-refractivity contribution in [2.45, 2.75) is 39.2 Å². The van der Waals surface area contributed by atoms with Gasteiger partial charge in [-0.1, -0.05) is 30.3 Å². The van der Waals surface area contributed by atoms with Crippen LogP contribution in [-0.4, -0.2) is 29.7 Å². The molecule has 25 heavy (non-hydrogen) atoms. The molecule has 0 saturated heterocycles. The first-order valence-corrected chi connectivity index (χ1v) is 8.20. The Balaban J connectivity index is 1.70. The van der Waals surface area contributed by atoms with Crippen LogP contribution in [0.15, 0.2) is 40.9 Å². The van der Waals surface area contributed by atoms with Crippen LogP contribution in [-0.2, 0) is 14.3 Å². The average molecular weight is 346 g/mol. The molecule has 0 radical (unpaired) electrons. The fourth-order valence-corrected chi connectivity index (χ4v) is 2.10. The van der Waals surface area contributed by atoms with E-state index >= 15 is 0 Å². The number of anilines is 1. The fourth-order valence-electron chi connectivity index (χ4n) is 2.10. The number of ether oxygens (including phenoxy) is 2. The van der Waals surface area contributed by atoms with Gasteiger partial charge < -0.3 is 19.3 Å². The van der Waals surface area contributed by atoms with Crippen molar-refractivity contribution >= 4 is 17.7 Å². The summed E-state index contributed by atoms with van der Waals surface area (Å²) in [6.07, 6.45) is 0.197. The van der Waals surface area contributed by atoms with Gasteiger partial charge in [0.25, 0.3) is 5.91 Å². The third kappa shape index (κ3) is 6.29. The molecule has 1 N–H and O–H groups in total. The van der Waals surface area contributed by atoms with Crippen LogP contribution in [0.3, 0.4) is 0 Å². The number of hydrogen-bond acceptors (Lipinski definition) is 6. The maximum atomic E-state index is 12.1. The molecule has 0 aliphatic heterocycles. The van der Waals surface area contributed by atoms with Gasteiger partial charge >= 0.3 is 5.97 Å². The summed E-state index contributed by atoms with van der Waals surface area (Å²) in [5, 5.41) is 6.24. The minimum Gasteiger partial charge on any atom is -0.494 e. The summed E-state index contributed by atoms with van der Waals surface area (Å²) in [4.78, 5) is 24.0. The topological polar surface area (TPSA) is 90.7 Å². The molecule has 2 rings (SSSR count). The molecule has 0 saturated carbocycles. The Labute approximate surface area is 146 Å². The number of aromatic nitrogens is 1. The quantitative estimate of drug-likeness (QED) is 0.554. The third-order valence-electron chi connectivity index (χ3n) is 3.35. The predicted molar refractivity (Wildman–Crippen MR) is 91.2 cm³/mol. The maximum Gasteiger partial charge on any atom is 0.306 e. The van der Waals surface area contributed by atoms with Crippen molar-refractivity contribution in [3.05, 3.63) is 42.2 Å². The van der Waals surface area contributed by atoms with E-state index in [0.717, 1.165) is 5.75 Å². The van der Waals surface area contributed by atoms with Crippen LogP contribution < -0.4 is 10.1 Å². The van der Waals surface area contributed by atoms with E-state index < -0.39 is 18.0 Å². The average Bonchev–Trinajstić information content (AvgIpc) is 3.02. The second kappa shape index (κ2) is 9.46. The van der Waals surface area contributed by atoms with E-state index in [1.807, 2.05) is 30.3 Å². The molecular weight excluding hydrogens is 324 g/mol. The first-order valence-electron chi connectivity index (χ1n) is 8.20. The zero-order chi connectivity index (χ0) is 18.1. The van der Waals surface area contributed by atoms with Crippen molar-refractivity contribution in [1.82, 2.24) is 5.16 Å². The number of nitrogens with one attached hydrogen (secondary N) is 1. The Hall–Kier alpha value is -2.83. The first-order chi connectivity index (χ1) is 12.1. The second-order valence-corrected chi connectivity index (χ2v) is 5.46. The molecule has 0 bridgehead atoms. The number of para-hydroxylation sites is 1. The fraction of sp³-hybridized carbons (Fsp3) is 0.389. The van der Waals surface area contributed by atoms with Gasteiger partial charge in [0.1, 0.15) is 11.5 Å². The van der Waals surface area contributed by atoms with Crippen molar-refractivity contribution in [2.24, 2.45) is 0 Å². The first kappa shape index (κ1) is 18.5. The number of esters is 1. The summed E-state index contributed by atoms with van der Waals surface area (Å²) in [5.74, 6) is 0.774. The number of hydrogen-bond donors (Lipinski definition) is 1. The predicted octanol–water partition coefficient (Wildman–Crippen LogP) is 3.10. The molecule has 1 atom stereocenters. The van der Waals surface area contributed by atoms with Gasteiger partial charge in [0.05, 0.1) is 6.61 Å². The molecule has 1 amide bonds. The van der Waals surface area contributed by atoms with Crippen LogP contribution in [0, 0.1) is 6.92 Å². The molecule has 0 spiro atoms. The van der Waals surface area contributed by atoms with Crippen LogP contribution in [0.2, 0.25) is 0 Å². The van der Waals surface area contributed by atoms with E-state index in [0.29, 0.717) is 31.0 Å². The summed E-state index contributed by atoms with van der Waals surface area (Å²) in [5.41, 5.74) is 0. The monoisotopic (exact) mass is 346 g/mol. The SMILES string of the molecule is CCC(OC(=O)CCCOc1ccccc1)C(=O)Nc1cc(C)on1. The Bertz CT molecular complexity index is 684. The summed E-state index contributed by atoms with van der Waals surface area (Å²) >= 11 is 0. The lowest BCUT2D eigenvalue weighted by atomic mass is 10.2. The third-order valence-corrected chi connectivity index (χ3v) is 3.35. The van der Waals surface area contributed by atoms with Gasteiger partial charge in [-0.05, 0) is 31.9 Å². The van der Waals surface area contributed by atoms with Crippen molar-refractivity contribution in [3.63, 3.8) is 0 Å². The van der Waals surface area contributed by atoms with Crippen LogP contribution in [0.5, 0.6) is 5.75 Å². The Morgan fingerprint density at radius 3 is 2.68 bits per heavy atom. The van der Waals surface area contributed by atoms with Crippen molar-refractivity contribution in [1.29, 1.82) is 0 Å². The Kier molecular flexibility index (Phi) is 7.00. The minimum absolute atomic E-state index is 0.180. The molecule has 134 valence electrons. The number of amides is 1. The second-order valence-electron chi connectivity index (χ2n) is 5.46. The number of carbonyl (C=O) groups is 2. The summed E-state index contributed by atoms with van der Waals surface area (Å²) in [6.45, 7) is 3.89. The number of aryl methyl sites for hydroxylation is 1. The van der Waals surface area contributed by atoms with E-state index in [1.165, 1.54) is 0 Å². The highest BCUT2D eigenvalue weighted by atomic mass is 16.5. The zero-order valence-electron chi connectivity index (χ0n) is 14.4. The van der Waals surface area contributed by atoms with E-state index in [-0.39, 0.29) is 6.42 Å². The van der Waals surface area contributed by atoms with E-state index in [2.05, 4.69) is 10.5 Å². The van der Waals surface area contributed by atoms with E-state index in [4.69, 9.17) is 14.0 Å². The molecule has 1 heterocycles. The molecule has 0 aliphatic rings. The number of nitrogens with zero attached hydrogens (tertiary/aromatic N) is 1. The van der Waals surface area contributed by atoms with Crippen LogP contribution in [0.25, 0.3) is 0 Å². The molecule has 1 unspecified atom stereocenters. The lowest BCUT2D eigenvalue weighted by Crippen LogP contribution is -2.32. The molecule has 7 heteroatoms. The van der Waals surface area contributed by atoms with Gasteiger partial charge in [0.2, 0.25) is 0 Å². The van der Waals surface area contributed by atoms with Gasteiger partial charge in [-0.3, -0.25) is 9.59 Å². The molecule has 0 fully saturated rings. The van der Waals surface area contributed by atoms with Gasteiger partial charge in [-0.2, -0.15) is 0 Å². The van der Waals surface area contributed by atoms with Crippen LogP contribution in [0.1, 0.15) is 31.9 Å². The zero-order valence-corrected chi connectivity index (χ0v) is 14.4. The van der Waals surface area contributed by atoms with E-state index in [1.54, 1.807) is 19.9 Å². The van der Waals surface area contributed by atoms with Crippen LogP contribution in [0.4, 0.5) is 5.82 Å². The number of carbonyl (C=O) groups excluding carboxylic acids is 2. The highest BCUT2D eigenvalue weighted by Gasteiger charge is 2.22. The van der Waals surface area contributed by atoms with Gasteiger partial charge in [-0.15, -0.1) is 0 Å². The number of benzene rings is 1. The Morgan fingerprint density at radius 2 is 2.04 bits per heavy atom. The molecule has 1 aromatic carbocycles. The summed E-state index contributed by atoms with van der Waals surface area (Å²) in [7, 11) is 0. The van der Waals surface area contributed by atoms with E-state index in [9.17, 15) is 9.59 Å².